The van der Waals surface area contributed by atoms with Crippen molar-refractivity contribution >= 4 is 0 Å². The van der Waals surface area contributed by atoms with E-state index in [0.29, 0.717) is 5.56 Å². The van der Waals surface area contributed by atoms with Crippen LogP contribution in [0.15, 0.2) is 24.3 Å². The van der Waals surface area contributed by atoms with Gasteiger partial charge in [0.15, 0.2) is 0 Å². The molecule has 72 valence electrons. The molecule has 0 aliphatic heterocycles. The molecule has 0 saturated heterocycles. The molecule has 0 saturated carbocycles. The van der Waals surface area contributed by atoms with Crippen molar-refractivity contribution in [3.05, 3.63) is 35.4 Å². The van der Waals surface area contributed by atoms with Crippen LogP contribution in [0.25, 0.3) is 0 Å². The third-order valence-electron chi connectivity index (χ3n) is 2.32. The van der Waals surface area contributed by atoms with Gasteiger partial charge in [0.2, 0.25) is 0 Å². The van der Waals surface area contributed by atoms with E-state index in [1.165, 1.54) is 6.92 Å². The lowest BCUT2D eigenvalue weighted by molar-refractivity contribution is 0.203. The highest BCUT2D eigenvalue weighted by molar-refractivity contribution is 5.28. The molecule has 2 heteroatoms. The number of aryl methyl sites for hydroxylation is 1. The zero-order chi connectivity index (χ0) is 9.90. The van der Waals surface area contributed by atoms with Crippen LogP contribution >= 0.6 is 0 Å². The molecule has 0 heterocycles. The van der Waals surface area contributed by atoms with Crippen LogP contribution in [0.1, 0.15) is 25.0 Å². The lowest BCUT2D eigenvalue weighted by atomic mass is 9.96. The third kappa shape index (κ3) is 2.28. The fourth-order valence-electron chi connectivity index (χ4n) is 1.23. The molecular formula is C11H16FN. The topological polar surface area (TPSA) is 26.0 Å². The Morgan fingerprint density at radius 2 is 2.15 bits per heavy atom. The summed E-state index contributed by atoms with van der Waals surface area (Å²) in [5, 5.41) is 0. The van der Waals surface area contributed by atoms with Gasteiger partial charge in [-0.2, -0.15) is 0 Å². The van der Waals surface area contributed by atoms with E-state index in [4.69, 9.17) is 5.73 Å². The summed E-state index contributed by atoms with van der Waals surface area (Å²) in [5.41, 5.74) is 5.78. The van der Waals surface area contributed by atoms with Gasteiger partial charge in [0.25, 0.3) is 0 Å². The number of benzene rings is 1. The minimum absolute atomic E-state index is 0.0279. The Morgan fingerprint density at radius 1 is 1.46 bits per heavy atom. The molecule has 1 aromatic rings. The van der Waals surface area contributed by atoms with E-state index in [0.717, 1.165) is 12.0 Å². The van der Waals surface area contributed by atoms with E-state index in [-0.39, 0.29) is 6.54 Å². The first kappa shape index (κ1) is 10.2. The van der Waals surface area contributed by atoms with Gasteiger partial charge in [0.1, 0.15) is 5.67 Å². The van der Waals surface area contributed by atoms with Crippen molar-refractivity contribution in [1.29, 1.82) is 0 Å². The summed E-state index contributed by atoms with van der Waals surface area (Å²) in [4.78, 5) is 0. The highest BCUT2D eigenvalue weighted by Crippen LogP contribution is 2.24. The highest BCUT2D eigenvalue weighted by atomic mass is 19.1. The molecule has 13 heavy (non-hydrogen) atoms. The Bertz CT molecular complexity index is 281. The van der Waals surface area contributed by atoms with Gasteiger partial charge < -0.3 is 5.73 Å². The molecule has 0 amide bonds. The van der Waals surface area contributed by atoms with Crippen molar-refractivity contribution in [2.45, 2.75) is 25.9 Å². The first-order valence-corrected chi connectivity index (χ1v) is 4.58. The first-order valence-electron chi connectivity index (χ1n) is 4.58. The Morgan fingerprint density at radius 3 is 2.69 bits per heavy atom. The average Bonchev–Trinajstić information content (AvgIpc) is 2.18. The van der Waals surface area contributed by atoms with Crippen LogP contribution in [-0.2, 0) is 12.1 Å². The summed E-state index contributed by atoms with van der Waals surface area (Å²) in [6, 6.07) is 7.54. The second-order valence-electron chi connectivity index (χ2n) is 3.46. The van der Waals surface area contributed by atoms with Crippen molar-refractivity contribution < 1.29 is 4.39 Å². The van der Waals surface area contributed by atoms with Crippen LogP contribution in [0.5, 0.6) is 0 Å². The van der Waals surface area contributed by atoms with Gasteiger partial charge in [0, 0.05) is 6.54 Å². The Kier molecular flexibility index (Phi) is 3.04. The van der Waals surface area contributed by atoms with Gasteiger partial charge in [-0.25, -0.2) is 4.39 Å². The van der Waals surface area contributed by atoms with Crippen molar-refractivity contribution in [1.82, 2.24) is 0 Å². The fraction of sp³-hybridized carbons (Fsp3) is 0.455. The number of halogens is 1. The summed E-state index contributed by atoms with van der Waals surface area (Å²) >= 11 is 0. The zero-order valence-corrected chi connectivity index (χ0v) is 8.18. The number of alkyl halides is 1. The molecule has 0 bridgehead atoms. The summed E-state index contributed by atoms with van der Waals surface area (Å²) < 4.78 is 13.7. The minimum Gasteiger partial charge on any atom is -0.327 e. The normalized spacial score (nSPS) is 15.4. The van der Waals surface area contributed by atoms with Gasteiger partial charge in [-0.1, -0.05) is 31.2 Å². The largest absolute Gasteiger partial charge is 0.327 e. The van der Waals surface area contributed by atoms with Gasteiger partial charge in [0.05, 0.1) is 0 Å². The van der Waals surface area contributed by atoms with Crippen molar-refractivity contribution in [3.63, 3.8) is 0 Å². The van der Waals surface area contributed by atoms with Crippen LogP contribution in [0.4, 0.5) is 4.39 Å². The van der Waals surface area contributed by atoms with E-state index in [1.54, 1.807) is 6.07 Å². The summed E-state index contributed by atoms with van der Waals surface area (Å²) in [6.07, 6.45) is 0.925. The summed E-state index contributed by atoms with van der Waals surface area (Å²) in [7, 11) is 0. The number of nitrogens with two attached hydrogens (primary N) is 1. The molecule has 1 atom stereocenters. The quantitative estimate of drug-likeness (QED) is 0.761. The third-order valence-corrected chi connectivity index (χ3v) is 2.32. The molecule has 0 spiro atoms. The number of rotatable bonds is 3. The molecule has 0 aliphatic carbocycles. The first-order chi connectivity index (χ1) is 6.10. The maximum absolute atomic E-state index is 13.7. The average molecular weight is 181 g/mol. The molecule has 0 radical (unpaired) electrons. The second-order valence-corrected chi connectivity index (χ2v) is 3.46. The van der Waals surface area contributed by atoms with Gasteiger partial charge in [-0.15, -0.1) is 0 Å². The standard InChI is InChI=1S/C11H16FN/c1-3-9-5-4-6-10(7-9)11(2,12)8-13/h4-7H,3,8,13H2,1-2H3. The lowest BCUT2D eigenvalue weighted by Gasteiger charge is -2.18. The van der Waals surface area contributed by atoms with Crippen LogP contribution in [0.2, 0.25) is 0 Å². The fourth-order valence-corrected chi connectivity index (χ4v) is 1.23. The Hall–Kier alpha value is -0.890. The maximum atomic E-state index is 13.7. The van der Waals surface area contributed by atoms with Crippen molar-refractivity contribution in [2.75, 3.05) is 6.54 Å². The Balaban J connectivity index is 3.01. The summed E-state index contributed by atoms with van der Waals surface area (Å²) in [6.45, 7) is 3.60. The second kappa shape index (κ2) is 3.88. The minimum atomic E-state index is -1.40. The van der Waals surface area contributed by atoms with Crippen molar-refractivity contribution in [3.8, 4) is 0 Å². The molecule has 1 rings (SSSR count). The lowest BCUT2D eigenvalue weighted by Crippen LogP contribution is -2.26. The molecule has 2 N–H and O–H groups in total. The molecular weight excluding hydrogens is 165 g/mol. The SMILES string of the molecule is CCc1cccc(C(C)(F)CN)c1. The summed E-state index contributed by atoms with van der Waals surface area (Å²) in [5.74, 6) is 0. The van der Waals surface area contributed by atoms with Gasteiger partial charge in [-0.3, -0.25) is 0 Å². The predicted octanol–water partition coefficient (Wildman–Crippen LogP) is 2.39. The molecule has 0 fully saturated rings. The van der Waals surface area contributed by atoms with Crippen LogP contribution in [0.3, 0.4) is 0 Å². The smallest absolute Gasteiger partial charge is 0.145 e. The van der Waals surface area contributed by atoms with E-state index < -0.39 is 5.67 Å². The van der Waals surface area contributed by atoms with E-state index in [2.05, 4.69) is 6.92 Å². The Labute approximate surface area is 78.8 Å². The van der Waals surface area contributed by atoms with Crippen LogP contribution in [0, 0.1) is 0 Å². The van der Waals surface area contributed by atoms with Crippen LogP contribution in [-0.4, -0.2) is 6.54 Å². The molecule has 1 aromatic carbocycles. The van der Waals surface area contributed by atoms with Gasteiger partial charge in [-0.05, 0) is 24.5 Å². The predicted molar refractivity (Wildman–Crippen MR) is 53.3 cm³/mol. The van der Waals surface area contributed by atoms with Crippen LogP contribution < -0.4 is 5.73 Å². The molecule has 0 aliphatic rings. The highest BCUT2D eigenvalue weighted by Gasteiger charge is 2.23. The zero-order valence-electron chi connectivity index (χ0n) is 8.18. The van der Waals surface area contributed by atoms with E-state index >= 15 is 0 Å². The van der Waals surface area contributed by atoms with E-state index in [9.17, 15) is 4.39 Å². The maximum Gasteiger partial charge on any atom is 0.145 e. The number of hydrogen-bond acceptors (Lipinski definition) is 1. The number of hydrogen-bond donors (Lipinski definition) is 1. The van der Waals surface area contributed by atoms with Gasteiger partial charge >= 0.3 is 0 Å². The van der Waals surface area contributed by atoms with Crippen molar-refractivity contribution in [2.24, 2.45) is 5.73 Å². The molecule has 1 unspecified atom stereocenters. The molecule has 0 aromatic heterocycles. The molecule has 1 nitrogen and oxygen atoms in total. The van der Waals surface area contributed by atoms with E-state index in [1.807, 2.05) is 18.2 Å². The monoisotopic (exact) mass is 181 g/mol.